The van der Waals surface area contributed by atoms with Crippen LogP contribution in [0.1, 0.15) is 20.8 Å². The number of methoxy groups -OCH3 is 1. The minimum Gasteiger partial charge on any atom is -0.495 e. The van der Waals surface area contributed by atoms with E-state index in [2.05, 4.69) is 28.9 Å². The largest absolute Gasteiger partial charge is 0.495 e. The molecule has 0 heterocycles. The lowest BCUT2D eigenvalue weighted by Gasteiger charge is -2.39. The van der Waals surface area contributed by atoms with E-state index in [0.717, 1.165) is 0 Å². The van der Waals surface area contributed by atoms with E-state index in [0.29, 0.717) is 18.0 Å². The molecule has 8 nitrogen and oxygen atoms in total. The first-order chi connectivity index (χ1) is 13.8. The lowest BCUT2D eigenvalue weighted by Crippen LogP contribution is -2.58. The zero-order valence-corrected chi connectivity index (χ0v) is 18.1. The molecule has 1 aromatic carbocycles. The summed E-state index contributed by atoms with van der Waals surface area (Å²) < 4.78 is 11.3. The number of benzene rings is 1. The number of nitrogens with two attached hydrogens (primary N) is 1. The number of nitrogens with zero attached hydrogens (tertiary/aromatic N) is 2. The summed E-state index contributed by atoms with van der Waals surface area (Å²) in [6, 6.07) is 6.74. The fourth-order valence-corrected chi connectivity index (χ4v) is 3.03. The molecule has 0 aliphatic carbocycles. The van der Waals surface area contributed by atoms with Crippen LogP contribution in [-0.2, 0) is 4.74 Å². The van der Waals surface area contributed by atoms with Crippen molar-refractivity contribution >= 4 is 18.4 Å². The Morgan fingerprint density at radius 1 is 1.45 bits per heavy atom. The van der Waals surface area contributed by atoms with Crippen molar-refractivity contribution in [2.24, 2.45) is 16.1 Å². The third-order valence-electron chi connectivity index (χ3n) is 5.13. The molecule has 0 aliphatic heterocycles. The molecule has 0 radical (unpaired) electrons. The monoisotopic (exact) mass is 405 g/mol. The van der Waals surface area contributed by atoms with E-state index in [1.54, 1.807) is 26.3 Å². The van der Waals surface area contributed by atoms with Crippen molar-refractivity contribution in [2.75, 3.05) is 32.2 Å². The first-order valence-corrected chi connectivity index (χ1v) is 9.64. The van der Waals surface area contributed by atoms with Gasteiger partial charge in [0.25, 0.3) is 0 Å². The first-order valence-electron chi connectivity index (χ1n) is 9.64. The minimum absolute atomic E-state index is 0.135. The van der Waals surface area contributed by atoms with Gasteiger partial charge in [-0.2, -0.15) is 0 Å². The highest BCUT2D eigenvalue weighted by Crippen LogP contribution is 2.31. The highest BCUT2D eigenvalue weighted by Gasteiger charge is 2.38. The fourth-order valence-electron chi connectivity index (χ4n) is 3.03. The van der Waals surface area contributed by atoms with Gasteiger partial charge in [-0.3, -0.25) is 15.2 Å². The van der Waals surface area contributed by atoms with Crippen LogP contribution in [0, 0.1) is 5.41 Å². The molecule has 0 bridgehead atoms. The minimum atomic E-state index is -0.685. The maximum Gasteiger partial charge on any atom is 0.323 e. The van der Waals surface area contributed by atoms with Crippen LogP contribution in [0.25, 0.3) is 0 Å². The Labute approximate surface area is 174 Å². The lowest BCUT2D eigenvalue weighted by atomic mass is 9.81. The number of anilines is 1. The molecular weight excluding hydrogens is 370 g/mol. The lowest BCUT2D eigenvalue weighted by molar-refractivity contribution is -0.0367. The van der Waals surface area contributed by atoms with E-state index in [9.17, 15) is 4.79 Å². The number of para-hydroxylation sites is 2. The summed E-state index contributed by atoms with van der Waals surface area (Å²) in [5, 5.41) is 5.96. The molecule has 0 aliphatic rings. The quantitative estimate of drug-likeness (QED) is 0.282. The fraction of sp³-hybridized carbons (Fsp3) is 0.524. The van der Waals surface area contributed by atoms with E-state index >= 15 is 0 Å². The van der Waals surface area contributed by atoms with Gasteiger partial charge < -0.3 is 20.5 Å². The van der Waals surface area contributed by atoms with Crippen LogP contribution < -0.4 is 26.0 Å². The van der Waals surface area contributed by atoms with Crippen molar-refractivity contribution < 1.29 is 14.3 Å². The standard InChI is InChI=1S/C21H35N5O3/c1-8-21(4,15(3)23-5)19(29-9-2)25-14-18(22)26(20(27)24-6)16-12-10-11-13-17(16)28-7/h8,10-13,15,18-19,25H,1,5,9,14,22H2,2-4,6-7H3,(H,24,27)/t15?,18?,19-,21-/m1/s1. The molecule has 1 rings (SSSR count). The van der Waals surface area contributed by atoms with Crippen molar-refractivity contribution in [2.45, 2.75) is 39.2 Å². The normalized spacial score (nSPS) is 16.1. The number of hydrogen-bond donors (Lipinski definition) is 3. The molecule has 0 fully saturated rings. The van der Waals surface area contributed by atoms with Gasteiger partial charge in [0.1, 0.15) is 12.0 Å². The summed E-state index contributed by atoms with van der Waals surface area (Å²) in [5.41, 5.74) is 6.48. The summed E-state index contributed by atoms with van der Waals surface area (Å²) in [7, 11) is 3.11. The van der Waals surface area contributed by atoms with Crippen LogP contribution in [0.2, 0.25) is 0 Å². The van der Waals surface area contributed by atoms with Crippen LogP contribution in [0.3, 0.4) is 0 Å². The second-order valence-corrected chi connectivity index (χ2v) is 6.84. The van der Waals surface area contributed by atoms with Crippen LogP contribution >= 0.6 is 0 Å². The second-order valence-electron chi connectivity index (χ2n) is 6.84. The van der Waals surface area contributed by atoms with Crippen LogP contribution in [-0.4, -0.2) is 58.5 Å². The van der Waals surface area contributed by atoms with Gasteiger partial charge in [-0.15, -0.1) is 6.58 Å². The maximum absolute atomic E-state index is 12.6. The summed E-state index contributed by atoms with van der Waals surface area (Å²) in [5.74, 6) is 0.549. The Morgan fingerprint density at radius 2 is 2.10 bits per heavy atom. The summed E-state index contributed by atoms with van der Waals surface area (Å²) in [6.45, 7) is 14.2. The number of urea groups is 1. The zero-order chi connectivity index (χ0) is 22.0. The first kappa shape index (κ1) is 24.6. The molecule has 8 heteroatoms. The van der Waals surface area contributed by atoms with Crippen LogP contribution in [0.15, 0.2) is 41.9 Å². The second kappa shape index (κ2) is 11.5. The Kier molecular flexibility index (Phi) is 9.80. The molecule has 1 aromatic rings. The number of nitrogens with one attached hydrogen (secondary N) is 2. The number of carbonyl (C=O) groups excluding carboxylic acids is 1. The Balaban J connectivity index is 3.12. The topological polar surface area (TPSA) is 101 Å². The molecular formula is C21H35N5O3. The third kappa shape index (κ3) is 5.79. The van der Waals surface area contributed by atoms with Crippen molar-refractivity contribution in [1.82, 2.24) is 10.6 Å². The van der Waals surface area contributed by atoms with E-state index in [1.807, 2.05) is 39.0 Å². The van der Waals surface area contributed by atoms with Crippen molar-refractivity contribution in [1.29, 1.82) is 0 Å². The third-order valence-corrected chi connectivity index (χ3v) is 5.13. The smallest absolute Gasteiger partial charge is 0.323 e. The number of rotatable bonds is 12. The molecule has 2 unspecified atom stereocenters. The van der Waals surface area contributed by atoms with Crippen molar-refractivity contribution in [3.05, 3.63) is 36.9 Å². The maximum atomic E-state index is 12.6. The van der Waals surface area contributed by atoms with Gasteiger partial charge in [-0.1, -0.05) is 25.1 Å². The Bertz CT molecular complexity index is 684. The molecule has 2 amide bonds. The van der Waals surface area contributed by atoms with Gasteiger partial charge in [-0.05, 0) is 32.7 Å². The van der Waals surface area contributed by atoms with Gasteiger partial charge in [0.15, 0.2) is 0 Å². The average molecular weight is 406 g/mol. The zero-order valence-electron chi connectivity index (χ0n) is 18.1. The molecule has 0 aromatic heterocycles. The number of hydrogen-bond acceptors (Lipinski definition) is 6. The van der Waals surface area contributed by atoms with Gasteiger partial charge in [0.2, 0.25) is 0 Å². The van der Waals surface area contributed by atoms with Gasteiger partial charge >= 0.3 is 6.03 Å². The summed E-state index contributed by atoms with van der Waals surface area (Å²) in [6.07, 6.45) is 0.707. The van der Waals surface area contributed by atoms with Crippen molar-refractivity contribution in [3.8, 4) is 5.75 Å². The van der Waals surface area contributed by atoms with Gasteiger partial charge in [0, 0.05) is 25.6 Å². The van der Waals surface area contributed by atoms with Gasteiger partial charge in [-0.25, -0.2) is 4.79 Å². The Hall–Kier alpha value is -2.42. The molecule has 29 heavy (non-hydrogen) atoms. The highest BCUT2D eigenvalue weighted by atomic mass is 16.5. The molecule has 162 valence electrons. The molecule has 0 spiro atoms. The molecule has 4 N–H and O–H groups in total. The van der Waals surface area contributed by atoms with E-state index < -0.39 is 17.8 Å². The average Bonchev–Trinajstić information content (AvgIpc) is 2.75. The highest BCUT2D eigenvalue weighted by molar-refractivity contribution is 5.94. The number of carbonyl (C=O) groups is 1. The number of amides is 2. The predicted octanol–water partition coefficient (Wildman–Crippen LogP) is 2.36. The summed E-state index contributed by atoms with van der Waals surface area (Å²) in [4.78, 5) is 18.2. The van der Waals surface area contributed by atoms with Gasteiger partial charge in [0.05, 0.1) is 25.0 Å². The number of aliphatic imine (C=N–C) groups is 1. The predicted molar refractivity (Wildman–Crippen MR) is 119 cm³/mol. The van der Waals surface area contributed by atoms with E-state index in [4.69, 9.17) is 15.2 Å². The molecule has 4 atom stereocenters. The van der Waals surface area contributed by atoms with E-state index in [-0.39, 0.29) is 18.6 Å². The SMILES string of the molecule is C=C[C@](C)(C(C)N=C)[C@H](NCC(N)N(C(=O)NC)c1ccccc1OC)OCC. The van der Waals surface area contributed by atoms with Crippen LogP contribution in [0.4, 0.5) is 10.5 Å². The summed E-state index contributed by atoms with van der Waals surface area (Å²) >= 11 is 0. The van der Waals surface area contributed by atoms with E-state index in [1.165, 1.54) is 4.90 Å². The Morgan fingerprint density at radius 3 is 2.62 bits per heavy atom. The number of ether oxygens (including phenoxy) is 2. The van der Waals surface area contributed by atoms with Crippen molar-refractivity contribution in [3.63, 3.8) is 0 Å². The van der Waals surface area contributed by atoms with Crippen LogP contribution in [0.5, 0.6) is 5.75 Å². The molecule has 0 saturated carbocycles. The molecule has 0 saturated heterocycles.